The summed E-state index contributed by atoms with van der Waals surface area (Å²) >= 11 is 0. The number of carbonyl (C=O) groups is 2. The summed E-state index contributed by atoms with van der Waals surface area (Å²) in [6.07, 6.45) is 5.03. The molecule has 0 aliphatic carbocycles. The minimum Gasteiger partial charge on any atom is -0.343 e. The van der Waals surface area contributed by atoms with E-state index < -0.39 is 0 Å². The van der Waals surface area contributed by atoms with Crippen molar-refractivity contribution in [3.8, 4) is 0 Å². The molecule has 2 fully saturated rings. The van der Waals surface area contributed by atoms with Crippen LogP contribution >= 0.6 is 0 Å². The number of carbonyl (C=O) groups excluding carboxylic acids is 2. The van der Waals surface area contributed by atoms with Gasteiger partial charge in [0, 0.05) is 44.6 Å². The summed E-state index contributed by atoms with van der Waals surface area (Å²) in [4.78, 5) is 28.4. The van der Waals surface area contributed by atoms with E-state index in [-0.39, 0.29) is 11.8 Å². The van der Waals surface area contributed by atoms with E-state index in [1.165, 1.54) is 0 Å². The Morgan fingerprint density at radius 1 is 1.10 bits per heavy atom. The minimum atomic E-state index is 0.174. The first-order chi connectivity index (χ1) is 10.2. The Kier molecular flexibility index (Phi) is 6.03. The van der Waals surface area contributed by atoms with E-state index in [0.29, 0.717) is 31.3 Å². The molecule has 5 nitrogen and oxygen atoms in total. The predicted octanol–water partition coefficient (Wildman–Crippen LogP) is 1.38. The average molecular weight is 295 g/mol. The molecule has 21 heavy (non-hydrogen) atoms. The van der Waals surface area contributed by atoms with Gasteiger partial charge in [-0.15, -0.1) is 0 Å². The lowest BCUT2D eigenvalue weighted by atomic mass is 10.1. The Morgan fingerprint density at radius 2 is 1.81 bits per heavy atom. The summed E-state index contributed by atoms with van der Waals surface area (Å²) in [5.74, 6) is 0.423. The number of fused-ring (bicyclic) bond motifs is 2. The molecule has 2 aliphatic heterocycles. The molecule has 1 N–H and O–H groups in total. The van der Waals surface area contributed by atoms with E-state index >= 15 is 0 Å². The van der Waals surface area contributed by atoms with Crippen LogP contribution in [0, 0.1) is 0 Å². The third kappa shape index (κ3) is 3.96. The van der Waals surface area contributed by atoms with Crippen LogP contribution in [-0.2, 0) is 9.59 Å². The topological polar surface area (TPSA) is 52.7 Å². The molecule has 0 aromatic heterocycles. The molecule has 0 radical (unpaired) electrons. The van der Waals surface area contributed by atoms with Crippen LogP contribution in [-0.4, -0.2) is 59.9 Å². The van der Waals surface area contributed by atoms with E-state index in [4.69, 9.17) is 0 Å². The van der Waals surface area contributed by atoms with Crippen LogP contribution in [0.25, 0.3) is 0 Å². The Hall–Kier alpha value is -1.10. The molecule has 2 aliphatic rings. The van der Waals surface area contributed by atoms with Gasteiger partial charge < -0.3 is 15.1 Å². The molecule has 2 saturated heterocycles. The fraction of sp³-hybridized carbons (Fsp3) is 0.875. The van der Waals surface area contributed by atoms with Crippen molar-refractivity contribution >= 4 is 11.8 Å². The van der Waals surface area contributed by atoms with E-state index in [0.717, 1.165) is 45.4 Å². The van der Waals surface area contributed by atoms with Gasteiger partial charge in [-0.3, -0.25) is 9.59 Å². The zero-order valence-corrected chi connectivity index (χ0v) is 13.4. The Bertz CT molecular complexity index is 355. The van der Waals surface area contributed by atoms with E-state index in [1.54, 1.807) is 0 Å². The predicted molar refractivity (Wildman–Crippen MR) is 82.9 cm³/mol. The van der Waals surface area contributed by atoms with Gasteiger partial charge in [-0.1, -0.05) is 0 Å². The maximum absolute atomic E-state index is 12.5. The Labute approximate surface area is 128 Å². The Morgan fingerprint density at radius 3 is 2.52 bits per heavy atom. The zero-order chi connectivity index (χ0) is 15.2. The molecule has 120 valence electrons. The summed E-state index contributed by atoms with van der Waals surface area (Å²) < 4.78 is 0. The highest BCUT2D eigenvalue weighted by Gasteiger charge is 2.37. The summed E-state index contributed by atoms with van der Waals surface area (Å²) in [5.41, 5.74) is 0. The van der Waals surface area contributed by atoms with E-state index in [9.17, 15) is 9.59 Å². The van der Waals surface area contributed by atoms with Crippen molar-refractivity contribution < 1.29 is 9.59 Å². The summed E-state index contributed by atoms with van der Waals surface area (Å²) in [6.45, 7) is 7.45. The first-order valence-corrected chi connectivity index (χ1v) is 8.47. The molecule has 2 bridgehead atoms. The second kappa shape index (κ2) is 7.78. The lowest BCUT2D eigenvalue weighted by Gasteiger charge is -2.28. The van der Waals surface area contributed by atoms with Crippen molar-refractivity contribution in [1.29, 1.82) is 0 Å². The van der Waals surface area contributed by atoms with Crippen LogP contribution in [0.2, 0.25) is 0 Å². The molecule has 2 heterocycles. The number of nitrogens with one attached hydrogen (secondary N) is 1. The maximum atomic E-state index is 12.5. The van der Waals surface area contributed by atoms with E-state index in [2.05, 4.69) is 10.2 Å². The van der Waals surface area contributed by atoms with Crippen molar-refractivity contribution in [3.63, 3.8) is 0 Å². The van der Waals surface area contributed by atoms with Crippen molar-refractivity contribution in [2.75, 3.05) is 26.2 Å². The molecule has 2 rings (SSSR count). The molecule has 0 saturated carbocycles. The van der Waals surface area contributed by atoms with Gasteiger partial charge >= 0.3 is 0 Å². The molecule has 2 amide bonds. The zero-order valence-electron chi connectivity index (χ0n) is 13.4. The summed E-state index contributed by atoms with van der Waals surface area (Å²) in [5, 5.41) is 3.41. The van der Waals surface area contributed by atoms with Crippen LogP contribution in [0.3, 0.4) is 0 Å². The molecule has 2 unspecified atom stereocenters. The first-order valence-electron chi connectivity index (χ1n) is 8.47. The van der Waals surface area contributed by atoms with Gasteiger partial charge in [-0.05, 0) is 46.1 Å². The lowest BCUT2D eigenvalue weighted by Crippen LogP contribution is -2.42. The quantitative estimate of drug-likeness (QED) is 0.805. The smallest absolute Gasteiger partial charge is 0.223 e. The normalized spacial score (nSPS) is 24.8. The second-order valence-electron chi connectivity index (χ2n) is 6.10. The van der Waals surface area contributed by atoms with E-state index in [1.807, 2.05) is 18.7 Å². The standard InChI is InChI=1S/C16H29N3O2/c1-3-18(4-2)15(20)6-5-7-16(21)19-13-8-9-14(19)12-17-11-10-13/h13-14,17H,3-12H2,1-2H3. The number of hydrogen-bond acceptors (Lipinski definition) is 3. The third-order valence-electron chi connectivity index (χ3n) is 4.84. The van der Waals surface area contributed by atoms with Crippen molar-refractivity contribution in [2.45, 2.75) is 64.5 Å². The van der Waals surface area contributed by atoms with Crippen LogP contribution in [0.4, 0.5) is 0 Å². The maximum Gasteiger partial charge on any atom is 0.223 e. The van der Waals surface area contributed by atoms with Gasteiger partial charge in [-0.2, -0.15) is 0 Å². The second-order valence-corrected chi connectivity index (χ2v) is 6.10. The van der Waals surface area contributed by atoms with Gasteiger partial charge in [0.2, 0.25) is 11.8 Å². The molecular formula is C16H29N3O2. The molecular weight excluding hydrogens is 266 g/mol. The summed E-state index contributed by atoms with van der Waals surface area (Å²) in [6, 6.07) is 0.805. The fourth-order valence-corrected chi connectivity index (χ4v) is 3.64. The molecule has 5 heteroatoms. The Balaban J connectivity index is 1.78. The highest BCUT2D eigenvalue weighted by atomic mass is 16.2. The molecule has 0 aromatic rings. The lowest BCUT2D eigenvalue weighted by molar-refractivity contribution is -0.134. The van der Waals surface area contributed by atoms with Gasteiger partial charge in [0.15, 0.2) is 0 Å². The fourth-order valence-electron chi connectivity index (χ4n) is 3.64. The summed E-state index contributed by atoms with van der Waals surface area (Å²) in [7, 11) is 0. The molecule has 0 aromatic carbocycles. The van der Waals surface area contributed by atoms with Crippen molar-refractivity contribution in [2.24, 2.45) is 0 Å². The minimum absolute atomic E-state index is 0.174. The highest BCUT2D eigenvalue weighted by Crippen LogP contribution is 2.28. The number of rotatable bonds is 6. The van der Waals surface area contributed by atoms with Crippen LogP contribution in [0.1, 0.15) is 52.4 Å². The van der Waals surface area contributed by atoms with Gasteiger partial charge in [0.1, 0.15) is 0 Å². The number of nitrogens with zero attached hydrogens (tertiary/aromatic N) is 2. The first kappa shape index (κ1) is 16.3. The van der Waals surface area contributed by atoms with Gasteiger partial charge in [0.05, 0.1) is 0 Å². The molecule has 2 atom stereocenters. The SMILES string of the molecule is CCN(CC)C(=O)CCCC(=O)N1C2CCNCC1CC2. The average Bonchev–Trinajstić information content (AvgIpc) is 2.73. The number of hydrogen-bond donors (Lipinski definition) is 1. The number of amides is 2. The highest BCUT2D eigenvalue weighted by molar-refractivity contribution is 5.79. The van der Waals surface area contributed by atoms with Crippen LogP contribution in [0.15, 0.2) is 0 Å². The van der Waals surface area contributed by atoms with Gasteiger partial charge in [-0.25, -0.2) is 0 Å². The molecule has 0 spiro atoms. The van der Waals surface area contributed by atoms with Crippen LogP contribution in [0.5, 0.6) is 0 Å². The largest absolute Gasteiger partial charge is 0.343 e. The van der Waals surface area contributed by atoms with Gasteiger partial charge in [0.25, 0.3) is 0 Å². The van der Waals surface area contributed by atoms with Crippen molar-refractivity contribution in [1.82, 2.24) is 15.1 Å². The monoisotopic (exact) mass is 295 g/mol. The van der Waals surface area contributed by atoms with Crippen LogP contribution < -0.4 is 5.32 Å². The van der Waals surface area contributed by atoms with Crippen molar-refractivity contribution in [3.05, 3.63) is 0 Å². The third-order valence-corrected chi connectivity index (χ3v) is 4.84.